The van der Waals surface area contributed by atoms with E-state index in [0.717, 1.165) is 0 Å². The summed E-state index contributed by atoms with van der Waals surface area (Å²) < 4.78 is 0. The molecule has 0 saturated carbocycles. The van der Waals surface area contributed by atoms with Gasteiger partial charge in [-0.15, -0.1) is 0 Å². The molecule has 1 aliphatic carbocycles. The predicted octanol–water partition coefficient (Wildman–Crippen LogP) is 3.38. The van der Waals surface area contributed by atoms with Gasteiger partial charge in [0.25, 0.3) is 0 Å². The Morgan fingerprint density at radius 3 is 2.62 bits per heavy atom. The fraction of sp³-hybridized carbons (Fsp3) is 0.600. The molecule has 1 fully saturated rings. The van der Waals surface area contributed by atoms with Crippen LogP contribution in [0.4, 0.5) is 0 Å². The van der Waals surface area contributed by atoms with E-state index in [1.165, 1.54) is 57.1 Å². The van der Waals surface area contributed by atoms with Crippen LogP contribution in [0.5, 0.6) is 0 Å². The molecule has 1 N–H and O–H groups in total. The van der Waals surface area contributed by atoms with Crippen molar-refractivity contribution in [1.82, 2.24) is 5.32 Å². The second kappa shape index (κ2) is 4.58. The van der Waals surface area contributed by atoms with Crippen molar-refractivity contribution in [3.8, 4) is 0 Å². The largest absolute Gasteiger partial charge is 0.310 e. The monoisotopic (exact) mass is 215 g/mol. The van der Waals surface area contributed by atoms with Crippen molar-refractivity contribution in [3.63, 3.8) is 0 Å². The minimum Gasteiger partial charge on any atom is -0.310 e. The van der Waals surface area contributed by atoms with Crippen LogP contribution in [0.3, 0.4) is 0 Å². The first kappa shape index (κ1) is 10.3. The molecule has 1 heteroatoms. The molecule has 1 heterocycles. The standard InChI is InChI=1S/C15H21N/c1-2-5-12-8-9-14(11-13(12)6-3-1)15-7-4-10-16-15/h8-9,11,15-16H,1-7,10H2. The molecule has 2 aliphatic rings. The summed E-state index contributed by atoms with van der Waals surface area (Å²) in [6.45, 7) is 1.20. The Bertz CT molecular complexity index is 364. The van der Waals surface area contributed by atoms with E-state index in [4.69, 9.17) is 0 Å². The van der Waals surface area contributed by atoms with Gasteiger partial charge in [0, 0.05) is 6.04 Å². The highest BCUT2D eigenvalue weighted by molar-refractivity contribution is 5.34. The van der Waals surface area contributed by atoms with Gasteiger partial charge in [0.15, 0.2) is 0 Å². The predicted molar refractivity (Wildman–Crippen MR) is 67.7 cm³/mol. The lowest BCUT2D eigenvalue weighted by Gasteiger charge is -2.14. The number of fused-ring (bicyclic) bond motifs is 1. The smallest absolute Gasteiger partial charge is 0.0320 e. The lowest BCUT2D eigenvalue weighted by atomic mass is 9.96. The highest BCUT2D eigenvalue weighted by atomic mass is 14.9. The summed E-state index contributed by atoms with van der Waals surface area (Å²) in [5.41, 5.74) is 4.76. The van der Waals surface area contributed by atoms with Crippen LogP contribution >= 0.6 is 0 Å². The summed E-state index contributed by atoms with van der Waals surface area (Å²) in [5.74, 6) is 0. The van der Waals surface area contributed by atoms with Crippen LogP contribution in [-0.4, -0.2) is 6.54 Å². The third kappa shape index (κ3) is 2.01. The first-order valence-electron chi connectivity index (χ1n) is 6.78. The van der Waals surface area contributed by atoms with Gasteiger partial charge in [-0.1, -0.05) is 24.6 Å². The molecule has 0 spiro atoms. The molecule has 1 atom stereocenters. The van der Waals surface area contributed by atoms with Gasteiger partial charge in [0.05, 0.1) is 0 Å². The fourth-order valence-corrected chi connectivity index (χ4v) is 3.12. The number of nitrogens with one attached hydrogen (secondary N) is 1. The van der Waals surface area contributed by atoms with E-state index in [1.54, 1.807) is 11.1 Å². The Kier molecular flexibility index (Phi) is 2.96. The first-order valence-corrected chi connectivity index (χ1v) is 6.78. The Morgan fingerprint density at radius 1 is 0.938 bits per heavy atom. The van der Waals surface area contributed by atoms with Crippen molar-refractivity contribution in [1.29, 1.82) is 0 Å². The zero-order valence-corrected chi connectivity index (χ0v) is 9.97. The molecular formula is C15H21N. The Labute approximate surface area is 98.3 Å². The van der Waals surface area contributed by atoms with Crippen LogP contribution in [-0.2, 0) is 12.8 Å². The highest BCUT2D eigenvalue weighted by Gasteiger charge is 2.17. The topological polar surface area (TPSA) is 12.0 Å². The van der Waals surface area contributed by atoms with Gasteiger partial charge >= 0.3 is 0 Å². The quantitative estimate of drug-likeness (QED) is 0.708. The molecule has 1 saturated heterocycles. The van der Waals surface area contributed by atoms with E-state index < -0.39 is 0 Å². The minimum atomic E-state index is 0.633. The van der Waals surface area contributed by atoms with E-state index in [0.29, 0.717) is 6.04 Å². The highest BCUT2D eigenvalue weighted by Crippen LogP contribution is 2.27. The lowest BCUT2D eigenvalue weighted by Crippen LogP contribution is -2.13. The SMILES string of the molecule is c1cc2c(cc1C1CCCN1)CCCCC2. The van der Waals surface area contributed by atoms with Crippen molar-refractivity contribution in [3.05, 3.63) is 34.9 Å². The second-order valence-electron chi connectivity index (χ2n) is 5.24. The number of benzene rings is 1. The van der Waals surface area contributed by atoms with E-state index in [2.05, 4.69) is 23.5 Å². The summed E-state index contributed by atoms with van der Waals surface area (Å²) in [6.07, 6.45) is 9.43. The van der Waals surface area contributed by atoms with E-state index in [1.807, 2.05) is 0 Å². The minimum absolute atomic E-state index is 0.633. The zero-order chi connectivity index (χ0) is 10.8. The maximum atomic E-state index is 3.60. The molecular weight excluding hydrogens is 194 g/mol. The molecule has 0 bridgehead atoms. The van der Waals surface area contributed by atoms with E-state index >= 15 is 0 Å². The van der Waals surface area contributed by atoms with Gasteiger partial charge in [-0.2, -0.15) is 0 Å². The molecule has 1 nitrogen and oxygen atoms in total. The van der Waals surface area contributed by atoms with Crippen molar-refractivity contribution in [2.24, 2.45) is 0 Å². The number of hydrogen-bond acceptors (Lipinski definition) is 1. The van der Waals surface area contributed by atoms with Crippen LogP contribution in [0.15, 0.2) is 18.2 Å². The van der Waals surface area contributed by atoms with E-state index in [-0.39, 0.29) is 0 Å². The molecule has 1 aliphatic heterocycles. The van der Waals surface area contributed by atoms with Gasteiger partial charge < -0.3 is 5.32 Å². The molecule has 1 unspecified atom stereocenters. The summed E-state index contributed by atoms with van der Waals surface area (Å²) in [5, 5.41) is 3.60. The average molecular weight is 215 g/mol. The molecule has 0 aromatic heterocycles. The maximum absolute atomic E-state index is 3.60. The average Bonchev–Trinajstić information content (AvgIpc) is 2.74. The van der Waals surface area contributed by atoms with Gasteiger partial charge in [0.2, 0.25) is 0 Å². The summed E-state index contributed by atoms with van der Waals surface area (Å²) in [7, 11) is 0. The number of rotatable bonds is 1. The van der Waals surface area contributed by atoms with Crippen LogP contribution < -0.4 is 5.32 Å². The van der Waals surface area contributed by atoms with Crippen molar-refractivity contribution >= 4 is 0 Å². The molecule has 1 aromatic carbocycles. The molecule has 86 valence electrons. The van der Waals surface area contributed by atoms with Crippen molar-refractivity contribution in [2.75, 3.05) is 6.54 Å². The van der Waals surface area contributed by atoms with Crippen LogP contribution in [0, 0.1) is 0 Å². The third-order valence-electron chi connectivity index (χ3n) is 4.09. The number of hydrogen-bond donors (Lipinski definition) is 1. The summed E-state index contributed by atoms with van der Waals surface area (Å²) in [6, 6.07) is 7.85. The van der Waals surface area contributed by atoms with Crippen molar-refractivity contribution in [2.45, 2.75) is 51.0 Å². The summed E-state index contributed by atoms with van der Waals surface area (Å²) >= 11 is 0. The van der Waals surface area contributed by atoms with Crippen LogP contribution in [0.1, 0.15) is 54.8 Å². The number of aryl methyl sites for hydroxylation is 2. The zero-order valence-electron chi connectivity index (χ0n) is 9.97. The van der Waals surface area contributed by atoms with Gasteiger partial charge in [-0.05, 0) is 61.8 Å². The maximum Gasteiger partial charge on any atom is 0.0320 e. The van der Waals surface area contributed by atoms with Crippen LogP contribution in [0.25, 0.3) is 0 Å². The third-order valence-corrected chi connectivity index (χ3v) is 4.09. The van der Waals surface area contributed by atoms with Crippen molar-refractivity contribution < 1.29 is 0 Å². The second-order valence-corrected chi connectivity index (χ2v) is 5.24. The molecule has 3 rings (SSSR count). The molecule has 0 radical (unpaired) electrons. The normalized spacial score (nSPS) is 25.1. The molecule has 0 amide bonds. The van der Waals surface area contributed by atoms with Gasteiger partial charge in [-0.25, -0.2) is 0 Å². The first-order chi connectivity index (χ1) is 7.93. The molecule has 1 aromatic rings. The Hall–Kier alpha value is -0.820. The van der Waals surface area contributed by atoms with Crippen LogP contribution in [0.2, 0.25) is 0 Å². The Morgan fingerprint density at radius 2 is 1.81 bits per heavy atom. The fourth-order valence-electron chi connectivity index (χ4n) is 3.12. The lowest BCUT2D eigenvalue weighted by molar-refractivity contribution is 0.646. The summed E-state index contributed by atoms with van der Waals surface area (Å²) in [4.78, 5) is 0. The van der Waals surface area contributed by atoms with Gasteiger partial charge in [-0.3, -0.25) is 0 Å². The Balaban J connectivity index is 1.88. The van der Waals surface area contributed by atoms with E-state index in [9.17, 15) is 0 Å². The molecule has 16 heavy (non-hydrogen) atoms. The van der Waals surface area contributed by atoms with Gasteiger partial charge in [0.1, 0.15) is 0 Å².